The molecule has 106 valence electrons. The molecule has 7 heteroatoms. The van der Waals surface area contributed by atoms with Gasteiger partial charge in [-0.25, -0.2) is 17.9 Å². The third kappa shape index (κ3) is 4.00. The molecule has 0 saturated carbocycles. The van der Waals surface area contributed by atoms with Gasteiger partial charge in [-0.15, -0.1) is 0 Å². The molecule has 0 fully saturated rings. The smallest absolute Gasteiger partial charge is 0.251 e. The molecule has 0 bridgehead atoms. The number of hydrogen-bond acceptors (Lipinski definition) is 3. The van der Waals surface area contributed by atoms with E-state index in [1.165, 1.54) is 6.92 Å². The van der Waals surface area contributed by atoms with Crippen molar-refractivity contribution >= 4 is 15.9 Å². The number of unbranched alkanes of at least 4 members (excludes halogenated alkanes) is 1. The maximum atomic E-state index is 13.4. The lowest BCUT2D eigenvalue weighted by atomic mass is 10.1. The van der Waals surface area contributed by atoms with Crippen molar-refractivity contribution < 1.29 is 17.6 Å². The highest BCUT2D eigenvalue weighted by atomic mass is 32.2. The Labute approximate surface area is 112 Å². The molecule has 0 aliphatic carbocycles. The van der Waals surface area contributed by atoms with E-state index in [9.17, 15) is 17.6 Å². The van der Waals surface area contributed by atoms with Gasteiger partial charge >= 0.3 is 0 Å². The molecule has 0 atom stereocenters. The number of halogens is 1. The number of carbonyl (C=O) groups excluding carboxylic acids is 1. The van der Waals surface area contributed by atoms with Crippen LogP contribution in [0.5, 0.6) is 0 Å². The summed E-state index contributed by atoms with van der Waals surface area (Å²) in [5, 5.41) is 7.60. The summed E-state index contributed by atoms with van der Waals surface area (Å²) in [6.45, 7) is 3.85. The molecule has 0 spiro atoms. The van der Waals surface area contributed by atoms with Crippen molar-refractivity contribution in [3.63, 3.8) is 0 Å². The Kier molecular flexibility index (Phi) is 5.02. The van der Waals surface area contributed by atoms with Gasteiger partial charge in [-0.2, -0.15) is 0 Å². The molecule has 0 radical (unpaired) electrons. The van der Waals surface area contributed by atoms with Crippen LogP contribution in [0.1, 0.15) is 35.7 Å². The van der Waals surface area contributed by atoms with E-state index in [0.717, 1.165) is 25.0 Å². The molecule has 0 aromatic heterocycles. The van der Waals surface area contributed by atoms with E-state index in [4.69, 9.17) is 5.14 Å². The summed E-state index contributed by atoms with van der Waals surface area (Å²) < 4.78 is 36.0. The lowest BCUT2D eigenvalue weighted by Gasteiger charge is -2.10. The van der Waals surface area contributed by atoms with Crippen LogP contribution in [0.15, 0.2) is 17.0 Å². The van der Waals surface area contributed by atoms with E-state index < -0.39 is 21.7 Å². The normalized spacial score (nSPS) is 11.4. The molecule has 3 N–H and O–H groups in total. The van der Waals surface area contributed by atoms with Gasteiger partial charge in [0.2, 0.25) is 10.0 Å². The number of amides is 1. The van der Waals surface area contributed by atoms with Gasteiger partial charge in [0.25, 0.3) is 5.91 Å². The molecule has 1 rings (SSSR count). The van der Waals surface area contributed by atoms with Gasteiger partial charge < -0.3 is 5.32 Å². The zero-order valence-electron chi connectivity index (χ0n) is 10.9. The molecule has 1 amide bonds. The Balaban J connectivity index is 3.15. The fourth-order valence-corrected chi connectivity index (χ4v) is 2.47. The highest BCUT2D eigenvalue weighted by Crippen LogP contribution is 2.20. The zero-order valence-corrected chi connectivity index (χ0v) is 11.7. The van der Waals surface area contributed by atoms with Gasteiger partial charge in [0.1, 0.15) is 5.82 Å². The Hall–Kier alpha value is -1.47. The van der Waals surface area contributed by atoms with Crippen LogP contribution >= 0.6 is 0 Å². The third-order valence-electron chi connectivity index (χ3n) is 2.69. The summed E-state index contributed by atoms with van der Waals surface area (Å²) >= 11 is 0. The second kappa shape index (κ2) is 6.12. The van der Waals surface area contributed by atoms with Gasteiger partial charge in [-0.1, -0.05) is 13.3 Å². The number of nitrogens with two attached hydrogens (primary N) is 1. The number of hydrogen-bond donors (Lipinski definition) is 2. The first kappa shape index (κ1) is 15.6. The summed E-state index contributed by atoms with van der Waals surface area (Å²) in [4.78, 5) is 11.5. The van der Waals surface area contributed by atoms with Crippen molar-refractivity contribution in [2.24, 2.45) is 5.14 Å². The number of sulfonamides is 1. The number of rotatable bonds is 5. The van der Waals surface area contributed by atoms with Gasteiger partial charge in [-0.05, 0) is 31.0 Å². The van der Waals surface area contributed by atoms with E-state index in [2.05, 4.69) is 5.32 Å². The van der Waals surface area contributed by atoms with Gasteiger partial charge in [0, 0.05) is 12.1 Å². The number of primary sulfonamides is 1. The predicted molar refractivity (Wildman–Crippen MR) is 69.8 cm³/mol. The second-order valence-electron chi connectivity index (χ2n) is 4.23. The Morgan fingerprint density at radius 1 is 1.42 bits per heavy atom. The largest absolute Gasteiger partial charge is 0.352 e. The van der Waals surface area contributed by atoms with Crippen LogP contribution in [0.3, 0.4) is 0 Å². The molecule has 0 aliphatic heterocycles. The predicted octanol–water partition coefficient (Wildman–Crippen LogP) is 1.31. The third-order valence-corrected chi connectivity index (χ3v) is 3.73. The van der Waals surface area contributed by atoms with E-state index in [-0.39, 0.29) is 16.0 Å². The van der Waals surface area contributed by atoms with Crippen LogP contribution in [0.4, 0.5) is 4.39 Å². The summed E-state index contributed by atoms with van der Waals surface area (Å²) in [6, 6.07) is 1.82. The highest BCUT2D eigenvalue weighted by molar-refractivity contribution is 7.89. The monoisotopic (exact) mass is 288 g/mol. The molecule has 1 aromatic carbocycles. The minimum atomic E-state index is -4.06. The molecular formula is C12H17FN2O3S. The molecular weight excluding hydrogens is 271 g/mol. The molecule has 0 saturated heterocycles. The van der Waals surface area contributed by atoms with Crippen LogP contribution in [-0.4, -0.2) is 20.9 Å². The van der Waals surface area contributed by atoms with Crippen LogP contribution in [0, 0.1) is 12.7 Å². The van der Waals surface area contributed by atoms with Crippen molar-refractivity contribution in [2.75, 3.05) is 6.54 Å². The first-order chi connectivity index (χ1) is 8.77. The molecule has 0 aliphatic rings. The summed E-state index contributed by atoms with van der Waals surface area (Å²) in [7, 11) is -4.06. The lowest BCUT2D eigenvalue weighted by molar-refractivity contribution is 0.0952. The second-order valence-corrected chi connectivity index (χ2v) is 5.76. The summed E-state index contributed by atoms with van der Waals surface area (Å²) in [6.07, 6.45) is 1.70. The van der Waals surface area contributed by atoms with E-state index >= 15 is 0 Å². The van der Waals surface area contributed by atoms with Crippen LogP contribution in [0.2, 0.25) is 0 Å². The first-order valence-electron chi connectivity index (χ1n) is 5.88. The maximum Gasteiger partial charge on any atom is 0.251 e. The van der Waals surface area contributed by atoms with Crippen LogP contribution < -0.4 is 10.5 Å². The SMILES string of the molecule is CCCCNC(=O)c1cc(F)cc(S(N)(=O)=O)c1C. The lowest BCUT2D eigenvalue weighted by Crippen LogP contribution is -2.26. The van der Waals surface area contributed by atoms with Crippen molar-refractivity contribution in [1.29, 1.82) is 0 Å². The molecule has 0 unspecified atom stereocenters. The van der Waals surface area contributed by atoms with Crippen LogP contribution in [0.25, 0.3) is 0 Å². The topological polar surface area (TPSA) is 89.3 Å². The van der Waals surface area contributed by atoms with Gasteiger partial charge in [0.05, 0.1) is 4.90 Å². The summed E-state index contributed by atoms with van der Waals surface area (Å²) in [5.41, 5.74) is 0.137. The Bertz CT molecular complexity index is 585. The van der Waals surface area contributed by atoms with Crippen molar-refractivity contribution in [3.05, 3.63) is 29.1 Å². The minimum absolute atomic E-state index is 0.0138. The quantitative estimate of drug-likeness (QED) is 0.801. The van der Waals surface area contributed by atoms with Crippen molar-refractivity contribution in [1.82, 2.24) is 5.32 Å². The zero-order chi connectivity index (χ0) is 14.6. The Morgan fingerprint density at radius 2 is 2.05 bits per heavy atom. The minimum Gasteiger partial charge on any atom is -0.352 e. The first-order valence-corrected chi connectivity index (χ1v) is 7.43. The van der Waals surface area contributed by atoms with Gasteiger partial charge in [0.15, 0.2) is 0 Å². The average molecular weight is 288 g/mol. The highest BCUT2D eigenvalue weighted by Gasteiger charge is 2.19. The van der Waals surface area contributed by atoms with Crippen molar-refractivity contribution in [2.45, 2.75) is 31.6 Å². The van der Waals surface area contributed by atoms with E-state index in [1.807, 2.05) is 6.92 Å². The van der Waals surface area contributed by atoms with E-state index in [0.29, 0.717) is 6.54 Å². The maximum absolute atomic E-state index is 13.4. The standard InChI is InChI=1S/C12H17FN2O3S/c1-3-4-5-15-12(16)10-6-9(13)7-11(8(10)2)19(14,17)18/h6-7H,3-5H2,1-2H3,(H,15,16)(H2,14,17,18). The fraction of sp³-hybridized carbons (Fsp3) is 0.417. The number of benzene rings is 1. The Morgan fingerprint density at radius 3 is 2.58 bits per heavy atom. The van der Waals surface area contributed by atoms with Crippen molar-refractivity contribution in [3.8, 4) is 0 Å². The average Bonchev–Trinajstić information content (AvgIpc) is 2.30. The number of carbonyl (C=O) groups is 1. The van der Waals surface area contributed by atoms with Crippen LogP contribution in [-0.2, 0) is 10.0 Å². The van der Waals surface area contributed by atoms with E-state index in [1.54, 1.807) is 0 Å². The van der Waals surface area contributed by atoms with Gasteiger partial charge in [-0.3, -0.25) is 4.79 Å². The molecule has 5 nitrogen and oxygen atoms in total. The summed E-state index contributed by atoms with van der Waals surface area (Å²) in [5.74, 6) is -1.31. The molecule has 0 heterocycles. The molecule has 1 aromatic rings. The number of nitrogens with one attached hydrogen (secondary N) is 1. The molecule has 19 heavy (non-hydrogen) atoms. The fourth-order valence-electron chi connectivity index (χ4n) is 1.66.